The number of carbonyl (C=O) groups excluding carboxylic acids is 1. The van der Waals surface area contributed by atoms with E-state index in [1.165, 1.54) is 24.4 Å². The van der Waals surface area contributed by atoms with Crippen LogP contribution in [0, 0.1) is 12.3 Å². The van der Waals surface area contributed by atoms with Crippen molar-refractivity contribution in [2.24, 2.45) is 5.41 Å². The molecule has 1 aromatic heterocycles. The van der Waals surface area contributed by atoms with Crippen molar-refractivity contribution in [2.45, 2.75) is 24.7 Å². The van der Waals surface area contributed by atoms with E-state index in [1.54, 1.807) is 30.0 Å². The molecule has 1 atom stereocenters. The number of hydrogen-bond acceptors (Lipinski definition) is 7. The summed E-state index contributed by atoms with van der Waals surface area (Å²) in [5.41, 5.74) is -0.420. The molecule has 9 nitrogen and oxygen atoms in total. The van der Waals surface area contributed by atoms with E-state index in [1.807, 2.05) is 0 Å². The smallest absolute Gasteiger partial charge is 0.243 e. The first-order chi connectivity index (χ1) is 13.2. The topological polar surface area (TPSA) is 106 Å². The van der Waals surface area contributed by atoms with Crippen LogP contribution in [0.15, 0.2) is 33.7 Å². The maximum Gasteiger partial charge on any atom is 0.243 e. The van der Waals surface area contributed by atoms with Crippen LogP contribution in [-0.4, -0.2) is 67.0 Å². The Hall–Kier alpha value is -2.46. The first-order valence-corrected chi connectivity index (χ1v) is 10.4. The maximum atomic E-state index is 13.0. The Morgan fingerprint density at radius 2 is 2.07 bits per heavy atom. The summed E-state index contributed by atoms with van der Waals surface area (Å²) in [7, 11) is -2.16. The second-order valence-electron chi connectivity index (χ2n) is 7.45. The molecule has 1 aromatic carbocycles. The van der Waals surface area contributed by atoms with Crippen molar-refractivity contribution in [3.8, 4) is 5.75 Å². The van der Waals surface area contributed by atoms with E-state index in [2.05, 4.69) is 10.1 Å². The van der Waals surface area contributed by atoms with Crippen molar-refractivity contribution in [3.05, 3.63) is 36.0 Å². The zero-order chi connectivity index (χ0) is 20.1. The molecular formula is C18H22N4O5S. The van der Waals surface area contributed by atoms with Gasteiger partial charge in [-0.2, -0.15) is 9.29 Å². The molecule has 0 radical (unpaired) electrons. The number of carbonyl (C=O) groups is 1. The number of amides is 1. The van der Waals surface area contributed by atoms with Gasteiger partial charge < -0.3 is 14.2 Å². The van der Waals surface area contributed by atoms with Crippen LogP contribution in [0.4, 0.5) is 0 Å². The summed E-state index contributed by atoms with van der Waals surface area (Å²) in [6.07, 6.45) is 0. The van der Waals surface area contributed by atoms with Crippen molar-refractivity contribution in [1.29, 1.82) is 0 Å². The van der Waals surface area contributed by atoms with Crippen LogP contribution >= 0.6 is 0 Å². The standard InChI is InChI=1S/C18H22N4O5S/c1-12-19-17(27-20-12)16-8-21(13(2)23)9-18(16)10-22(11-18)28(24,25)15-6-4-5-14(7-15)26-3/h4-7,16H,8-11H2,1-3H3. The fourth-order valence-electron chi connectivity index (χ4n) is 4.06. The Kier molecular flexibility index (Phi) is 4.42. The molecule has 3 heterocycles. The van der Waals surface area contributed by atoms with Crippen molar-refractivity contribution in [1.82, 2.24) is 19.3 Å². The van der Waals surface area contributed by atoms with Gasteiger partial charge in [0.15, 0.2) is 5.82 Å². The van der Waals surface area contributed by atoms with Crippen LogP contribution in [0.5, 0.6) is 5.75 Å². The molecule has 2 aromatic rings. The average molecular weight is 406 g/mol. The lowest BCUT2D eigenvalue weighted by atomic mass is 9.73. The van der Waals surface area contributed by atoms with E-state index in [-0.39, 0.29) is 16.7 Å². The van der Waals surface area contributed by atoms with Gasteiger partial charge in [-0.3, -0.25) is 4.79 Å². The molecule has 0 saturated carbocycles. The third-order valence-electron chi connectivity index (χ3n) is 5.60. The number of likely N-dealkylation sites (tertiary alicyclic amines) is 1. The van der Waals surface area contributed by atoms with Crippen molar-refractivity contribution < 1.29 is 22.5 Å². The van der Waals surface area contributed by atoms with Gasteiger partial charge in [0.1, 0.15) is 5.75 Å². The summed E-state index contributed by atoms with van der Waals surface area (Å²) >= 11 is 0. The predicted molar refractivity (Wildman–Crippen MR) is 98.2 cm³/mol. The molecule has 1 unspecified atom stereocenters. The minimum absolute atomic E-state index is 0.0489. The number of methoxy groups -OCH3 is 1. The highest BCUT2D eigenvalue weighted by Gasteiger charge is 2.59. The summed E-state index contributed by atoms with van der Waals surface area (Å²) < 4.78 is 38.0. The van der Waals surface area contributed by atoms with Crippen molar-refractivity contribution >= 4 is 15.9 Å². The molecule has 0 bridgehead atoms. The predicted octanol–water partition coefficient (Wildman–Crippen LogP) is 1.02. The number of sulfonamides is 1. The molecule has 2 aliphatic heterocycles. The van der Waals surface area contributed by atoms with Crippen LogP contribution in [0.2, 0.25) is 0 Å². The molecule has 2 aliphatic rings. The quantitative estimate of drug-likeness (QED) is 0.746. The Bertz CT molecular complexity index is 1010. The molecule has 2 fully saturated rings. The number of ether oxygens (including phenoxy) is 1. The number of benzene rings is 1. The zero-order valence-corrected chi connectivity index (χ0v) is 16.8. The van der Waals surface area contributed by atoms with Gasteiger partial charge in [0.2, 0.25) is 21.8 Å². The molecule has 0 aliphatic carbocycles. The number of aryl methyl sites for hydroxylation is 1. The normalized spacial score (nSPS) is 21.7. The van der Waals surface area contributed by atoms with Crippen molar-refractivity contribution in [2.75, 3.05) is 33.3 Å². The molecule has 150 valence electrons. The van der Waals surface area contributed by atoms with Crippen molar-refractivity contribution in [3.63, 3.8) is 0 Å². The fraction of sp³-hybridized carbons (Fsp3) is 0.500. The number of rotatable bonds is 4. The second-order valence-corrected chi connectivity index (χ2v) is 9.38. The number of nitrogens with zero attached hydrogens (tertiary/aromatic N) is 4. The van der Waals surface area contributed by atoms with E-state index < -0.39 is 15.4 Å². The van der Waals surface area contributed by atoms with Gasteiger partial charge in [-0.05, 0) is 19.1 Å². The van der Waals surface area contributed by atoms with Crippen LogP contribution in [0.3, 0.4) is 0 Å². The monoisotopic (exact) mass is 406 g/mol. The van der Waals surface area contributed by atoms with Crippen LogP contribution < -0.4 is 4.74 Å². The molecule has 28 heavy (non-hydrogen) atoms. The maximum absolute atomic E-state index is 13.0. The second kappa shape index (κ2) is 6.56. The van der Waals surface area contributed by atoms with Crippen LogP contribution in [0.25, 0.3) is 0 Å². The largest absolute Gasteiger partial charge is 0.497 e. The average Bonchev–Trinajstić information content (AvgIpc) is 3.24. The van der Waals surface area contributed by atoms with Crippen LogP contribution in [0.1, 0.15) is 24.6 Å². The lowest BCUT2D eigenvalue weighted by Crippen LogP contribution is -2.61. The summed E-state index contributed by atoms with van der Waals surface area (Å²) in [5, 5.41) is 3.85. The van der Waals surface area contributed by atoms with Gasteiger partial charge in [0.25, 0.3) is 0 Å². The third kappa shape index (κ3) is 2.96. The van der Waals surface area contributed by atoms with Gasteiger partial charge in [-0.25, -0.2) is 8.42 Å². The van der Waals surface area contributed by atoms with Gasteiger partial charge in [-0.15, -0.1) is 0 Å². The molecule has 4 rings (SSSR count). The van der Waals surface area contributed by atoms with E-state index >= 15 is 0 Å². The molecular weight excluding hydrogens is 384 g/mol. The molecule has 1 spiro atoms. The SMILES string of the molecule is COc1cccc(S(=O)(=O)N2CC3(CN(C(C)=O)CC3c3nc(C)no3)C2)c1. The number of aromatic nitrogens is 2. The molecule has 1 amide bonds. The van der Waals surface area contributed by atoms with Gasteiger partial charge in [0.05, 0.1) is 17.9 Å². The van der Waals surface area contributed by atoms with Gasteiger partial charge in [-0.1, -0.05) is 11.2 Å². The number of hydrogen-bond donors (Lipinski definition) is 0. The Balaban J connectivity index is 1.60. The summed E-state index contributed by atoms with van der Waals surface area (Å²) in [6.45, 7) is 4.75. The Labute approximate surface area is 163 Å². The minimum atomic E-state index is -3.65. The van der Waals surface area contributed by atoms with E-state index in [0.717, 1.165) is 0 Å². The molecule has 2 saturated heterocycles. The van der Waals surface area contributed by atoms with E-state index in [0.29, 0.717) is 43.6 Å². The first-order valence-electron chi connectivity index (χ1n) is 8.95. The van der Waals surface area contributed by atoms with E-state index in [9.17, 15) is 13.2 Å². The highest BCUT2D eigenvalue weighted by molar-refractivity contribution is 7.89. The molecule has 10 heteroatoms. The Morgan fingerprint density at radius 3 is 2.68 bits per heavy atom. The van der Waals surface area contributed by atoms with Crippen LogP contribution in [-0.2, 0) is 14.8 Å². The fourth-order valence-corrected chi connectivity index (χ4v) is 5.73. The summed E-state index contributed by atoms with van der Waals surface area (Å²) in [4.78, 5) is 18.2. The highest BCUT2D eigenvalue weighted by Crippen LogP contribution is 2.50. The lowest BCUT2D eigenvalue weighted by Gasteiger charge is -2.48. The zero-order valence-electron chi connectivity index (χ0n) is 16.0. The highest BCUT2D eigenvalue weighted by atomic mass is 32.2. The summed E-state index contributed by atoms with van der Waals surface area (Å²) in [5.74, 6) is 1.23. The lowest BCUT2D eigenvalue weighted by molar-refractivity contribution is -0.128. The molecule has 0 N–H and O–H groups in total. The Morgan fingerprint density at radius 1 is 1.32 bits per heavy atom. The first kappa shape index (κ1) is 18.9. The van der Waals surface area contributed by atoms with Gasteiger partial charge in [0, 0.05) is 44.6 Å². The third-order valence-corrected chi connectivity index (χ3v) is 7.38. The van der Waals surface area contributed by atoms with E-state index in [4.69, 9.17) is 9.26 Å². The summed E-state index contributed by atoms with van der Waals surface area (Å²) in [6, 6.07) is 6.42. The van der Waals surface area contributed by atoms with Gasteiger partial charge >= 0.3 is 0 Å². The minimum Gasteiger partial charge on any atom is -0.497 e.